The Morgan fingerprint density at radius 1 is 0.923 bits per heavy atom. The van der Waals surface area contributed by atoms with Crippen molar-refractivity contribution in [3.05, 3.63) is 43.0 Å². The fraction of sp³-hybridized carbons (Fsp3) is 0. The van der Waals surface area contributed by atoms with Crippen LogP contribution in [0.3, 0.4) is 0 Å². The molecule has 2 aromatic rings. The molecular weight excluding hydrogens is 164 g/mol. The predicted octanol–water partition coefficient (Wildman–Crippen LogP) is 1.62. The maximum absolute atomic E-state index is 3.94. The number of rotatable bonds is 2. The van der Waals surface area contributed by atoms with E-state index in [0.717, 1.165) is 5.69 Å². The van der Waals surface area contributed by atoms with E-state index in [4.69, 9.17) is 0 Å². The number of nitrogens with one attached hydrogen (secondary N) is 1. The Hall–Kier alpha value is -1.97. The van der Waals surface area contributed by atoms with Crippen molar-refractivity contribution in [2.75, 3.05) is 5.32 Å². The number of hydrogen-bond donors (Lipinski definition) is 1. The van der Waals surface area contributed by atoms with Crippen LogP contribution in [-0.2, 0) is 0 Å². The second-order valence-corrected chi connectivity index (χ2v) is 2.45. The molecule has 0 atom stereocenters. The SMILES string of the molecule is c1ccc(Nc2ncncn2)cc1. The summed E-state index contributed by atoms with van der Waals surface area (Å²) in [5.74, 6) is 0.557. The normalized spacial score (nSPS) is 9.54. The molecule has 0 fully saturated rings. The maximum Gasteiger partial charge on any atom is 0.230 e. The van der Waals surface area contributed by atoms with Crippen molar-refractivity contribution in [1.82, 2.24) is 15.0 Å². The summed E-state index contributed by atoms with van der Waals surface area (Å²) in [6, 6.07) is 9.75. The zero-order valence-corrected chi connectivity index (χ0v) is 6.88. The third-order valence-corrected chi connectivity index (χ3v) is 1.52. The fourth-order valence-electron chi connectivity index (χ4n) is 0.954. The van der Waals surface area contributed by atoms with Crippen molar-refractivity contribution in [2.45, 2.75) is 0 Å². The minimum atomic E-state index is 0.557. The number of benzene rings is 1. The third-order valence-electron chi connectivity index (χ3n) is 1.52. The average Bonchev–Trinajstić information content (AvgIpc) is 2.21. The van der Waals surface area contributed by atoms with Gasteiger partial charge >= 0.3 is 0 Å². The molecule has 1 aromatic carbocycles. The first-order valence-corrected chi connectivity index (χ1v) is 3.89. The van der Waals surface area contributed by atoms with Crippen LogP contribution in [0.1, 0.15) is 0 Å². The lowest BCUT2D eigenvalue weighted by molar-refractivity contribution is 1.05. The summed E-state index contributed by atoms with van der Waals surface area (Å²) in [7, 11) is 0. The van der Waals surface area contributed by atoms with Gasteiger partial charge in [-0.15, -0.1) is 0 Å². The molecule has 1 heterocycles. The summed E-state index contributed by atoms with van der Waals surface area (Å²) in [5.41, 5.74) is 0.966. The Bertz CT molecular complexity index is 322. The van der Waals surface area contributed by atoms with E-state index in [9.17, 15) is 0 Å². The first-order valence-electron chi connectivity index (χ1n) is 3.89. The summed E-state index contributed by atoms with van der Waals surface area (Å²) in [4.78, 5) is 11.6. The van der Waals surface area contributed by atoms with Gasteiger partial charge in [0, 0.05) is 5.69 Å². The molecule has 0 aliphatic heterocycles. The fourth-order valence-corrected chi connectivity index (χ4v) is 0.954. The Kier molecular flexibility index (Phi) is 2.14. The number of hydrogen-bond acceptors (Lipinski definition) is 4. The molecule has 0 bridgehead atoms. The van der Waals surface area contributed by atoms with Gasteiger partial charge in [0.05, 0.1) is 0 Å². The highest BCUT2D eigenvalue weighted by Crippen LogP contribution is 2.09. The van der Waals surface area contributed by atoms with Crippen LogP contribution in [0.25, 0.3) is 0 Å². The van der Waals surface area contributed by atoms with E-state index < -0.39 is 0 Å². The van der Waals surface area contributed by atoms with Crippen LogP contribution < -0.4 is 5.32 Å². The van der Waals surface area contributed by atoms with Gasteiger partial charge in [0.15, 0.2) is 0 Å². The summed E-state index contributed by atoms with van der Waals surface area (Å²) in [5, 5.41) is 3.04. The highest BCUT2D eigenvalue weighted by atomic mass is 15.1. The first-order chi connectivity index (χ1) is 6.45. The second kappa shape index (κ2) is 3.62. The minimum Gasteiger partial charge on any atom is -0.324 e. The molecule has 0 saturated heterocycles. The predicted molar refractivity (Wildman–Crippen MR) is 49.6 cm³/mol. The number of para-hydroxylation sites is 1. The lowest BCUT2D eigenvalue weighted by atomic mass is 10.3. The Morgan fingerprint density at radius 2 is 1.62 bits per heavy atom. The van der Waals surface area contributed by atoms with E-state index in [-0.39, 0.29) is 0 Å². The molecule has 0 aliphatic carbocycles. The highest BCUT2D eigenvalue weighted by Gasteiger charge is 1.93. The van der Waals surface area contributed by atoms with Crippen LogP contribution in [0.5, 0.6) is 0 Å². The molecule has 4 heteroatoms. The zero-order chi connectivity index (χ0) is 8.93. The quantitative estimate of drug-likeness (QED) is 0.747. The van der Waals surface area contributed by atoms with E-state index in [1.807, 2.05) is 30.3 Å². The van der Waals surface area contributed by atoms with Crippen molar-refractivity contribution in [3.8, 4) is 0 Å². The first kappa shape index (κ1) is 7.67. The molecule has 0 radical (unpaired) electrons. The lowest BCUT2D eigenvalue weighted by Crippen LogP contribution is -1.95. The summed E-state index contributed by atoms with van der Waals surface area (Å²) < 4.78 is 0. The molecule has 0 amide bonds. The van der Waals surface area contributed by atoms with Crippen molar-refractivity contribution in [1.29, 1.82) is 0 Å². The van der Waals surface area contributed by atoms with E-state index in [0.29, 0.717) is 5.95 Å². The van der Waals surface area contributed by atoms with Crippen LogP contribution in [0.4, 0.5) is 11.6 Å². The minimum absolute atomic E-state index is 0.557. The standard InChI is InChI=1S/C9H8N4/c1-2-4-8(5-3-1)13-9-11-6-10-7-12-9/h1-7H,(H,10,11,12,13). The molecule has 64 valence electrons. The Morgan fingerprint density at radius 3 is 2.31 bits per heavy atom. The van der Waals surface area contributed by atoms with Gasteiger partial charge in [0.2, 0.25) is 5.95 Å². The van der Waals surface area contributed by atoms with Gasteiger partial charge in [-0.3, -0.25) is 0 Å². The maximum atomic E-state index is 3.94. The largest absolute Gasteiger partial charge is 0.324 e. The van der Waals surface area contributed by atoms with E-state index in [1.54, 1.807) is 0 Å². The molecule has 1 N–H and O–H groups in total. The number of anilines is 2. The molecule has 1 aromatic heterocycles. The molecule has 4 nitrogen and oxygen atoms in total. The van der Waals surface area contributed by atoms with E-state index in [2.05, 4.69) is 20.3 Å². The van der Waals surface area contributed by atoms with Gasteiger partial charge < -0.3 is 5.32 Å². The van der Waals surface area contributed by atoms with Crippen LogP contribution in [0.15, 0.2) is 43.0 Å². The van der Waals surface area contributed by atoms with Gasteiger partial charge in [-0.25, -0.2) is 15.0 Å². The van der Waals surface area contributed by atoms with Gasteiger partial charge in [-0.1, -0.05) is 18.2 Å². The summed E-state index contributed by atoms with van der Waals surface area (Å²) >= 11 is 0. The van der Waals surface area contributed by atoms with E-state index in [1.165, 1.54) is 12.7 Å². The average molecular weight is 172 g/mol. The number of aromatic nitrogens is 3. The molecule has 2 rings (SSSR count). The van der Waals surface area contributed by atoms with Crippen LogP contribution >= 0.6 is 0 Å². The number of nitrogens with zero attached hydrogens (tertiary/aromatic N) is 3. The lowest BCUT2D eigenvalue weighted by Gasteiger charge is -2.01. The van der Waals surface area contributed by atoms with E-state index >= 15 is 0 Å². The third kappa shape index (κ3) is 1.99. The van der Waals surface area contributed by atoms with Crippen molar-refractivity contribution in [2.24, 2.45) is 0 Å². The highest BCUT2D eigenvalue weighted by molar-refractivity contribution is 5.51. The van der Waals surface area contributed by atoms with Gasteiger partial charge in [0.1, 0.15) is 12.7 Å². The van der Waals surface area contributed by atoms with Crippen LogP contribution in [0.2, 0.25) is 0 Å². The second-order valence-electron chi connectivity index (χ2n) is 2.45. The van der Waals surface area contributed by atoms with Gasteiger partial charge in [-0.2, -0.15) is 0 Å². The summed E-state index contributed by atoms with van der Waals surface area (Å²) in [6.07, 6.45) is 2.91. The van der Waals surface area contributed by atoms with Crippen molar-refractivity contribution < 1.29 is 0 Å². The smallest absolute Gasteiger partial charge is 0.230 e. The Labute approximate surface area is 75.7 Å². The topological polar surface area (TPSA) is 50.7 Å². The summed E-state index contributed by atoms with van der Waals surface area (Å²) in [6.45, 7) is 0. The molecule has 0 aliphatic rings. The molecule has 0 saturated carbocycles. The van der Waals surface area contributed by atoms with Crippen LogP contribution in [-0.4, -0.2) is 15.0 Å². The Balaban J connectivity index is 2.16. The monoisotopic (exact) mass is 172 g/mol. The molecular formula is C9H8N4. The van der Waals surface area contributed by atoms with Crippen molar-refractivity contribution in [3.63, 3.8) is 0 Å². The molecule has 13 heavy (non-hydrogen) atoms. The molecule has 0 spiro atoms. The van der Waals surface area contributed by atoms with Gasteiger partial charge in [0.25, 0.3) is 0 Å². The van der Waals surface area contributed by atoms with Crippen LogP contribution in [0, 0.1) is 0 Å². The van der Waals surface area contributed by atoms with Crippen molar-refractivity contribution >= 4 is 11.6 Å². The zero-order valence-electron chi connectivity index (χ0n) is 6.88. The molecule has 0 unspecified atom stereocenters. The van der Waals surface area contributed by atoms with Gasteiger partial charge in [-0.05, 0) is 12.1 Å².